The van der Waals surface area contributed by atoms with E-state index in [0.717, 1.165) is 23.7 Å². The first-order valence-corrected chi connectivity index (χ1v) is 7.23. The molecule has 1 heterocycles. The maximum absolute atomic E-state index is 12.0. The van der Waals surface area contributed by atoms with Crippen LogP contribution in [-0.4, -0.2) is 12.5 Å². The molecule has 0 spiro atoms. The molecule has 2 aliphatic rings. The van der Waals surface area contributed by atoms with Crippen LogP contribution in [0, 0.1) is 5.92 Å². The first-order valence-electron chi connectivity index (χ1n) is 7.23. The molecular weight excluding hydrogens is 236 g/mol. The molecule has 0 saturated heterocycles. The van der Waals surface area contributed by atoms with E-state index < -0.39 is 5.41 Å². The molecule has 1 aliphatic heterocycles. The Hall–Kier alpha value is -1.35. The molecule has 1 saturated carbocycles. The largest absolute Gasteiger partial charge is 0.325 e. The fourth-order valence-electron chi connectivity index (χ4n) is 2.99. The molecule has 102 valence electrons. The number of hydrogen-bond acceptors (Lipinski definition) is 2. The van der Waals surface area contributed by atoms with Crippen molar-refractivity contribution >= 4 is 11.6 Å². The summed E-state index contributed by atoms with van der Waals surface area (Å²) in [6.45, 7) is 7.13. The standard InChI is InChI=1S/C16H22N2O/c1-4-17-14(10-5-6-10)11-7-8-13-12(9-11)16(2,3)15(19)18-13/h7-10,14,17H,4-6H2,1-3H3,(H,18,19). The molecule has 3 heteroatoms. The van der Waals surface area contributed by atoms with Crippen LogP contribution >= 0.6 is 0 Å². The van der Waals surface area contributed by atoms with Crippen molar-refractivity contribution in [3.05, 3.63) is 29.3 Å². The Balaban J connectivity index is 1.97. The minimum Gasteiger partial charge on any atom is -0.325 e. The summed E-state index contributed by atoms with van der Waals surface area (Å²) in [4.78, 5) is 12.0. The van der Waals surface area contributed by atoms with Gasteiger partial charge in [0.15, 0.2) is 0 Å². The van der Waals surface area contributed by atoms with Crippen LogP contribution in [0.3, 0.4) is 0 Å². The molecule has 0 radical (unpaired) electrons. The quantitative estimate of drug-likeness (QED) is 0.871. The third-order valence-corrected chi connectivity index (χ3v) is 4.41. The molecule has 1 fully saturated rings. The third-order valence-electron chi connectivity index (χ3n) is 4.41. The summed E-state index contributed by atoms with van der Waals surface area (Å²) in [5.41, 5.74) is 3.03. The van der Waals surface area contributed by atoms with Gasteiger partial charge in [-0.05, 0) is 56.3 Å². The molecule has 1 aromatic rings. The van der Waals surface area contributed by atoms with E-state index in [-0.39, 0.29) is 5.91 Å². The van der Waals surface area contributed by atoms with Crippen LogP contribution in [-0.2, 0) is 10.2 Å². The number of rotatable bonds is 4. The lowest BCUT2D eigenvalue weighted by Gasteiger charge is -2.21. The first kappa shape index (κ1) is 12.7. The van der Waals surface area contributed by atoms with Crippen molar-refractivity contribution in [1.82, 2.24) is 5.32 Å². The average Bonchev–Trinajstić information content (AvgIpc) is 3.17. The molecule has 0 bridgehead atoms. The predicted molar refractivity (Wildman–Crippen MR) is 77.2 cm³/mol. The molecule has 3 nitrogen and oxygen atoms in total. The van der Waals surface area contributed by atoms with Crippen molar-refractivity contribution in [1.29, 1.82) is 0 Å². The minimum atomic E-state index is -0.411. The zero-order valence-electron chi connectivity index (χ0n) is 11.9. The number of anilines is 1. The van der Waals surface area contributed by atoms with Gasteiger partial charge in [0.05, 0.1) is 5.41 Å². The third kappa shape index (κ3) is 2.06. The van der Waals surface area contributed by atoms with E-state index in [1.54, 1.807) is 0 Å². The first-order chi connectivity index (χ1) is 9.04. The average molecular weight is 258 g/mol. The highest BCUT2D eigenvalue weighted by molar-refractivity contribution is 6.05. The predicted octanol–water partition coefficient (Wildman–Crippen LogP) is 2.98. The number of carbonyl (C=O) groups is 1. The Morgan fingerprint density at radius 1 is 1.42 bits per heavy atom. The molecule has 2 N–H and O–H groups in total. The van der Waals surface area contributed by atoms with E-state index in [0.29, 0.717) is 6.04 Å². The maximum Gasteiger partial charge on any atom is 0.234 e. The van der Waals surface area contributed by atoms with Gasteiger partial charge in [0, 0.05) is 11.7 Å². The van der Waals surface area contributed by atoms with Gasteiger partial charge in [0.1, 0.15) is 0 Å². The van der Waals surface area contributed by atoms with E-state index in [2.05, 4.69) is 35.8 Å². The number of fused-ring (bicyclic) bond motifs is 1. The SMILES string of the molecule is CCNC(c1ccc2c(c1)C(C)(C)C(=O)N2)C1CC1. The molecule has 1 amide bonds. The summed E-state index contributed by atoms with van der Waals surface area (Å²) in [7, 11) is 0. The van der Waals surface area contributed by atoms with Crippen molar-refractivity contribution < 1.29 is 4.79 Å². The van der Waals surface area contributed by atoms with Crippen molar-refractivity contribution in [2.75, 3.05) is 11.9 Å². The van der Waals surface area contributed by atoms with Gasteiger partial charge in [0.25, 0.3) is 0 Å². The smallest absolute Gasteiger partial charge is 0.234 e. The summed E-state index contributed by atoms with van der Waals surface area (Å²) in [6, 6.07) is 6.89. The van der Waals surface area contributed by atoms with Crippen LogP contribution in [0.15, 0.2) is 18.2 Å². The van der Waals surface area contributed by atoms with Crippen LogP contribution in [0.4, 0.5) is 5.69 Å². The lowest BCUT2D eigenvalue weighted by Crippen LogP contribution is -2.27. The number of benzene rings is 1. The van der Waals surface area contributed by atoms with E-state index in [1.807, 2.05) is 13.8 Å². The Bertz CT molecular complexity index is 517. The van der Waals surface area contributed by atoms with Crippen LogP contribution in [0.25, 0.3) is 0 Å². The Morgan fingerprint density at radius 3 is 2.79 bits per heavy atom. The molecule has 1 aromatic carbocycles. The van der Waals surface area contributed by atoms with Crippen LogP contribution in [0.1, 0.15) is 50.8 Å². The van der Waals surface area contributed by atoms with Gasteiger partial charge in [0.2, 0.25) is 5.91 Å². The molecule has 1 unspecified atom stereocenters. The molecule has 1 atom stereocenters. The zero-order chi connectivity index (χ0) is 13.6. The van der Waals surface area contributed by atoms with Crippen LogP contribution in [0.2, 0.25) is 0 Å². The molecule has 1 aliphatic carbocycles. The summed E-state index contributed by atoms with van der Waals surface area (Å²) < 4.78 is 0. The highest BCUT2D eigenvalue weighted by atomic mass is 16.2. The van der Waals surface area contributed by atoms with Gasteiger partial charge in [-0.25, -0.2) is 0 Å². The van der Waals surface area contributed by atoms with Gasteiger partial charge >= 0.3 is 0 Å². The van der Waals surface area contributed by atoms with Crippen LogP contribution < -0.4 is 10.6 Å². The van der Waals surface area contributed by atoms with E-state index in [9.17, 15) is 4.79 Å². The van der Waals surface area contributed by atoms with Crippen molar-refractivity contribution in [2.45, 2.75) is 45.1 Å². The fourth-order valence-corrected chi connectivity index (χ4v) is 2.99. The van der Waals surface area contributed by atoms with Gasteiger partial charge in [-0.2, -0.15) is 0 Å². The van der Waals surface area contributed by atoms with Gasteiger partial charge in [-0.15, -0.1) is 0 Å². The molecule has 3 rings (SSSR count). The van der Waals surface area contributed by atoms with Crippen molar-refractivity contribution in [3.8, 4) is 0 Å². The van der Waals surface area contributed by atoms with Gasteiger partial charge < -0.3 is 10.6 Å². The monoisotopic (exact) mass is 258 g/mol. The van der Waals surface area contributed by atoms with Gasteiger partial charge in [-0.3, -0.25) is 4.79 Å². The fraction of sp³-hybridized carbons (Fsp3) is 0.562. The van der Waals surface area contributed by atoms with Crippen molar-refractivity contribution in [3.63, 3.8) is 0 Å². The summed E-state index contributed by atoms with van der Waals surface area (Å²) in [5, 5.41) is 6.56. The Kier molecular flexibility index (Phi) is 2.90. The topological polar surface area (TPSA) is 41.1 Å². The Morgan fingerprint density at radius 2 is 2.16 bits per heavy atom. The number of hydrogen-bond donors (Lipinski definition) is 2. The zero-order valence-corrected chi connectivity index (χ0v) is 11.9. The van der Waals surface area contributed by atoms with Gasteiger partial charge in [-0.1, -0.05) is 19.1 Å². The lowest BCUT2D eigenvalue weighted by molar-refractivity contribution is -0.119. The summed E-state index contributed by atoms with van der Waals surface area (Å²) in [5.74, 6) is 0.872. The summed E-state index contributed by atoms with van der Waals surface area (Å²) in [6.07, 6.45) is 2.63. The highest BCUT2D eigenvalue weighted by Crippen LogP contribution is 2.44. The highest BCUT2D eigenvalue weighted by Gasteiger charge is 2.39. The van der Waals surface area contributed by atoms with Crippen LogP contribution in [0.5, 0.6) is 0 Å². The number of nitrogens with one attached hydrogen (secondary N) is 2. The second kappa shape index (κ2) is 4.34. The number of carbonyl (C=O) groups excluding carboxylic acids is 1. The van der Waals surface area contributed by atoms with E-state index in [4.69, 9.17) is 0 Å². The molecule has 0 aromatic heterocycles. The number of amides is 1. The maximum atomic E-state index is 12.0. The van der Waals surface area contributed by atoms with E-state index >= 15 is 0 Å². The molecular formula is C16H22N2O. The van der Waals surface area contributed by atoms with E-state index in [1.165, 1.54) is 18.4 Å². The normalized spacial score (nSPS) is 21.9. The van der Waals surface area contributed by atoms with Crippen molar-refractivity contribution in [2.24, 2.45) is 5.92 Å². The minimum absolute atomic E-state index is 0.103. The second-order valence-corrected chi connectivity index (χ2v) is 6.26. The Labute approximate surface area is 114 Å². The molecule has 19 heavy (non-hydrogen) atoms. The summed E-state index contributed by atoms with van der Waals surface area (Å²) >= 11 is 0. The second-order valence-electron chi connectivity index (χ2n) is 6.26. The lowest BCUT2D eigenvalue weighted by atomic mass is 9.84.